The molecule has 2 unspecified atom stereocenters. The van der Waals surface area contributed by atoms with Gasteiger partial charge in [-0.3, -0.25) is 14.4 Å². The van der Waals surface area contributed by atoms with Crippen LogP contribution in [0.5, 0.6) is 0 Å². The van der Waals surface area contributed by atoms with Gasteiger partial charge in [-0.2, -0.15) is 0 Å². The highest BCUT2D eigenvalue weighted by molar-refractivity contribution is 7.99. The predicted molar refractivity (Wildman–Crippen MR) is 148 cm³/mol. The van der Waals surface area contributed by atoms with Crippen LogP contribution in [0.25, 0.3) is 11.3 Å². The average molecular weight is 642 g/mol. The van der Waals surface area contributed by atoms with Gasteiger partial charge in [0.25, 0.3) is 0 Å². The molecule has 2 heterocycles. The Balaban J connectivity index is 1.72. The molecule has 43 heavy (non-hydrogen) atoms. The third-order valence-electron chi connectivity index (χ3n) is 6.33. The number of carbonyl (C=O) groups excluding carboxylic acids is 3. The molecule has 0 radical (unpaired) electrons. The van der Waals surface area contributed by atoms with E-state index in [0.29, 0.717) is 17.2 Å². The number of thioether (sulfide) groups is 1. The summed E-state index contributed by atoms with van der Waals surface area (Å²) >= 11 is 7.39. The van der Waals surface area contributed by atoms with Gasteiger partial charge < -0.3 is 18.9 Å². The van der Waals surface area contributed by atoms with Crippen LogP contribution in [0.1, 0.15) is 32.4 Å². The normalized spacial score (nSPS) is 21.7. The Bertz CT molecular complexity index is 1470. The molecule has 4 rings (SSSR count). The van der Waals surface area contributed by atoms with E-state index in [1.807, 2.05) is 18.2 Å². The Morgan fingerprint density at radius 1 is 1.00 bits per heavy atom. The van der Waals surface area contributed by atoms with Crippen LogP contribution in [0.15, 0.2) is 42.6 Å². The van der Waals surface area contributed by atoms with E-state index in [9.17, 15) is 27.6 Å². The van der Waals surface area contributed by atoms with E-state index in [1.165, 1.54) is 36.5 Å². The molecule has 1 aliphatic heterocycles. The Hall–Kier alpha value is -3.62. The second-order valence-electron chi connectivity index (χ2n) is 9.57. The van der Waals surface area contributed by atoms with E-state index in [0.717, 1.165) is 24.6 Å². The zero-order chi connectivity index (χ0) is 31.3. The summed E-state index contributed by atoms with van der Waals surface area (Å²) in [6.45, 7) is 3.22. The fraction of sp³-hybridized carbons (Fsp3) is 0.393. The Morgan fingerprint density at radius 3 is 2.30 bits per heavy atom. The van der Waals surface area contributed by atoms with Gasteiger partial charge in [0.05, 0.1) is 6.20 Å². The lowest BCUT2D eigenvalue weighted by molar-refractivity contribution is -0.212. The maximum atomic E-state index is 14.0. The Kier molecular flexibility index (Phi) is 10.7. The van der Waals surface area contributed by atoms with Crippen LogP contribution in [0.2, 0.25) is 5.02 Å². The highest BCUT2D eigenvalue weighted by Gasteiger charge is 2.51. The molecule has 5 atom stereocenters. The van der Waals surface area contributed by atoms with Crippen molar-refractivity contribution in [3.05, 3.63) is 70.6 Å². The quantitative estimate of drug-likeness (QED) is 0.175. The van der Waals surface area contributed by atoms with E-state index in [-0.39, 0.29) is 17.9 Å². The average Bonchev–Trinajstić information content (AvgIpc) is 3.41. The predicted octanol–water partition coefficient (Wildman–Crippen LogP) is 4.68. The van der Waals surface area contributed by atoms with Crippen molar-refractivity contribution >= 4 is 41.3 Å². The molecule has 1 fully saturated rings. The van der Waals surface area contributed by atoms with E-state index >= 15 is 0 Å². The summed E-state index contributed by atoms with van der Waals surface area (Å²) in [5.41, 5.74) is -0.0973. The number of halogens is 4. The monoisotopic (exact) mass is 641 g/mol. The molecule has 1 aliphatic rings. The molecule has 1 aromatic heterocycles. The number of aryl methyl sites for hydroxylation is 1. The number of hydrogen-bond acceptors (Lipinski definition) is 10. The number of esters is 3. The van der Waals surface area contributed by atoms with Crippen LogP contribution in [0.4, 0.5) is 13.2 Å². The van der Waals surface area contributed by atoms with Crippen molar-refractivity contribution in [3.8, 4) is 11.3 Å². The fourth-order valence-electron chi connectivity index (χ4n) is 4.56. The van der Waals surface area contributed by atoms with E-state index in [1.54, 1.807) is 6.07 Å². The van der Waals surface area contributed by atoms with Gasteiger partial charge in [0, 0.05) is 31.4 Å². The third kappa shape index (κ3) is 8.27. The van der Waals surface area contributed by atoms with E-state index in [2.05, 4.69) is 10.3 Å². The summed E-state index contributed by atoms with van der Waals surface area (Å²) in [5, 5.41) is 8.61. The summed E-state index contributed by atoms with van der Waals surface area (Å²) in [6, 6.07) is 7.69. The Morgan fingerprint density at radius 2 is 1.67 bits per heavy atom. The number of carbonyl (C=O) groups is 3. The van der Waals surface area contributed by atoms with Crippen LogP contribution in [0.3, 0.4) is 0 Å². The van der Waals surface area contributed by atoms with Crippen molar-refractivity contribution in [2.24, 2.45) is 0 Å². The summed E-state index contributed by atoms with van der Waals surface area (Å²) < 4.78 is 65.4. The smallest absolute Gasteiger partial charge is 0.303 e. The second-order valence-corrected chi connectivity index (χ2v) is 11.2. The maximum absolute atomic E-state index is 14.0. The van der Waals surface area contributed by atoms with Gasteiger partial charge in [-0.15, -0.1) is 16.9 Å². The SMILES string of the molecule is CC(=O)OCC1O[C@H](SCCc2cccc(Cl)c2)[C@@H](OC(C)=O)C(n2cc(-c3cc(F)c(F)c(F)c3)nn2)[C@H]1OC(C)=O. The van der Waals surface area contributed by atoms with Crippen LogP contribution in [0, 0.1) is 17.5 Å². The first kappa shape index (κ1) is 32.3. The molecule has 3 aromatic rings. The first-order valence-corrected chi connectivity index (χ1v) is 14.4. The molecule has 0 aliphatic carbocycles. The van der Waals surface area contributed by atoms with E-state index in [4.69, 9.17) is 30.5 Å². The van der Waals surface area contributed by atoms with Crippen LogP contribution < -0.4 is 0 Å². The molecule has 230 valence electrons. The maximum Gasteiger partial charge on any atom is 0.303 e. The highest BCUT2D eigenvalue weighted by atomic mass is 35.5. The van der Waals surface area contributed by atoms with Crippen molar-refractivity contribution in [1.29, 1.82) is 0 Å². The largest absolute Gasteiger partial charge is 0.463 e. The molecule has 0 spiro atoms. The first-order chi connectivity index (χ1) is 20.4. The number of aromatic nitrogens is 3. The zero-order valence-corrected chi connectivity index (χ0v) is 24.7. The molecular formula is C28H27ClF3N3O7S. The minimum atomic E-state index is -1.64. The molecule has 0 bridgehead atoms. The number of ether oxygens (including phenoxy) is 4. The number of nitrogens with zero attached hydrogens (tertiary/aromatic N) is 3. The topological polar surface area (TPSA) is 119 Å². The van der Waals surface area contributed by atoms with Crippen molar-refractivity contribution in [1.82, 2.24) is 15.0 Å². The van der Waals surface area contributed by atoms with Gasteiger partial charge in [0.2, 0.25) is 0 Å². The van der Waals surface area contributed by atoms with Crippen LogP contribution in [-0.2, 0) is 39.8 Å². The van der Waals surface area contributed by atoms with E-state index < -0.39 is 65.1 Å². The minimum Gasteiger partial charge on any atom is -0.463 e. The Labute approximate surface area is 253 Å². The number of rotatable bonds is 10. The van der Waals surface area contributed by atoms with Crippen LogP contribution >= 0.6 is 23.4 Å². The lowest BCUT2D eigenvalue weighted by Gasteiger charge is -2.44. The lowest BCUT2D eigenvalue weighted by Crippen LogP contribution is -2.58. The van der Waals surface area contributed by atoms with Gasteiger partial charge in [-0.25, -0.2) is 17.9 Å². The molecule has 0 saturated carbocycles. The lowest BCUT2D eigenvalue weighted by atomic mass is 9.96. The number of benzene rings is 2. The van der Waals surface area contributed by atoms with Crippen LogP contribution in [-0.4, -0.2) is 69.0 Å². The van der Waals surface area contributed by atoms with Gasteiger partial charge in [-0.1, -0.05) is 28.9 Å². The summed E-state index contributed by atoms with van der Waals surface area (Å²) in [5.74, 6) is -6.03. The van der Waals surface area contributed by atoms with Gasteiger partial charge in [0.15, 0.2) is 29.7 Å². The van der Waals surface area contributed by atoms with Crippen molar-refractivity contribution in [2.75, 3.05) is 12.4 Å². The molecule has 15 heteroatoms. The summed E-state index contributed by atoms with van der Waals surface area (Å²) in [7, 11) is 0. The van der Waals surface area contributed by atoms with Gasteiger partial charge in [0.1, 0.15) is 29.9 Å². The summed E-state index contributed by atoms with van der Waals surface area (Å²) in [6.07, 6.45) is -1.54. The number of hydrogen-bond donors (Lipinski definition) is 0. The molecular weight excluding hydrogens is 615 g/mol. The highest BCUT2D eigenvalue weighted by Crippen LogP contribution is 2.39. The zero-order valence-electron chi connectivity index (χ0n) is 23.2. The molecule has 0 amide bonds. The third-order valence-corrected chi connectivity index (χ3v) is 7.71. The van der Waals surface area contributed by atoms with Crippen molar-refractivity contribution < 1.29 is 46.5 Å². The van der Waals surface area contributed by atoms with Crippen molar-refractivity contribution in [2.45, 2.75) is 57.0 Å². The fourth-order valence-corrected chi connectivity index (χ4v) is 5.99. The van der Waals surface area contributed by atoms with Crippen molar-refractivity contribution in [3.63, 3.8) is 0 Å². The molecule has 0 N–H and O–H groups in total. The standard InChI is InChI=1S/C28H27ClF3N3O7S/c1-14(36)39-13-23-26(40-15(2)37)25(35-12-22(33-34-35)18-10-20(30)24(32)21(31)11-18)27(41-16(3)38)28(42-23)43-8-7-17-5-4-6-19(29)9-17/h4-6,9-12,23,25-28H,7-8,13H2,1-3H3/t23?,25?,26-,27-,28+/m0/s1. The van der Waals surface area contributed by atoms with Gasteiger partial charge in [-0.05, 0) is 42.0 Å². The second kappa shape index (κ2) is 14.2. The minimum absolute atomic E-state index is 0.0471. The molecule has 2 aromatic carbocycles. The van der Waals surface area contributed by atoms with Gasteiger partial charge >= 0.3 is 17.9 Å². The molecule has 10 nitrogen and oxygen atoms in total. The summed E-state index contributed by atoms with van der Waals surface area (Å²) in [4.78, 5) is 36.2. The first-order valence-electron chi connectivity index (χ1n) is 13.0. The molecule has 1 saturated heterocycles.